The molecule has 0 amide bonds. The van der Waals surface area contributed by atoms with E-state index in [-0.39, 0.29) is 0 Å². The van der Waals surface area contributed by atoms with Crippen molar-refractivity contribution in [2.75, 3.05) is 26.8 Å². The van der Waals surface area contributed by atoms with Crippen LogP contribution in [-0.2, 0) is 6.54 Å². The molecule has 2 N–H and O–H groups in total. The molecule has 5 nitrogen and oxygen atoms in total. The van der Waals surface area contributed by atoms with Gasteiger partial charge in [0.05, 0.1) is 11.0 Å². The average Bonchev–Trinajstić information content (AvgIpc) is 2.47. The van der Waals surface area contributed by atoms with Gasteiger partial charge in [-0.3, -0.25) is 4.99 Å². The summed E-state index contributed by atoms with van der Waals surface area (Å²) in [6.45, 7) is 2.19. The lowest BCUT2D eigenvalue weighted by molar-refractivity contribution is 0.170. The van der Waals surface area contributed by atoms with Crippen molar-refractivity contribution in [1.82, 2.24) is 10.6 Å². The zero-order valence-electron chi connectivity index (χ0n) is 11.2. The van der Waals surface area contributed by atoms with E-state index in [9.17, 15) is 0 Å². The van der Waals surface area contributed by atoms with Gasteiger partial charge in [0.2, 0.25) is 0 Å². The number of nitrogens with zero attached hydrogens (tertiary/aromatic N) is 1. The Balaban J connectivity index is 2.03. The summed E-state index contributed by atoms with van der Waals surface area (Å²) in [7, 11) is 1.70. The first kappa shape index (κ1) is 14.5. The fraction of sp³-hybridized carbons (Fsp3) is 0.357. The van der Waals surface area contributed by atoms with E-state index in [0.29, 0.717) is 32.3 Å². The molecule has 0 bridgehead atoms. The molecule has 0 unspecified atom stereocenters. The summed E-state index contributed by atoms with van der Waals surface area (Å²) >= 11 is 3.49. The molecule has 1 aliphatic rings. The van der Waals surface area contributed by atoms with Crippen LogP contribution >= 0.6 is 15.9 Å². The van der Waals surface area contributed by atoms with Gasteiger partial charge in [0, 0.05) is 13.6 Å². The molecule has 1 aromatic carbocycles. The Morgan fingerprint density at radius 1 is 1.40 bits per heavy atom. The lowest BCUT2D eigenvalue weighted by Crippen LogP contribution is -2.36. The smallest absolute Gasteiger partial charge is 0.192 e. The van der Waals surface area contributed by atoms with Gasteiger partial charge in [-0.2, -0.15) is 0 Å². The minimum atomic E-state index is 0.435. The van der Waals surface area contributed by atoms with Crippen molar-refractivity contribution in [2.45, 2.75) is 6.54 Å². The van der Waals surface area contributed by atoms with Gasteiger partial charge >= 0.3 is 0 Å². The minimum absolute atomic E-state index is 0.435. The maximum Gasteiger partial charge on any atom is 0.192 e. The Morgan fingerprint density at radius 2 is 2.20 bits per heavy atom. The fourth-order valence-corrected chi connectivity index (χ4v) is 2.41. The Bertz CT molecular complexity index is 552. The standard InChI is InChI=1S/C14H16BrN3O2/c1-3-4-17-14(16-2)18-9-10-7-11(15)13-12(8-10)19-5-6-20-13/h1,7-8H,4-6,9H2,2H3,(H2,16,17,18). The minimum Gasteiger partial charge on any atom is -0.486 e. The average molecular weight is 338 g/mol. The molecule has 0 saturated heterocycles. The second-order valence-corrected chi connectivity index (χ2v) is 4.94. The molecule has 0 saturated carbocycles. The van der Waals surface area contributed by atoms with Crippen molar-refractivity contribution < 1.29 is 9.47 Å². The third-order valence-corrected chi connectivity index (χ3v) is 3.29. The van der Waals surface area contributed by atoms with Crippen LogP contribution < -0.4 is 20.1 Å². The van der Waals surface area contributed by atoms with Gasteiger partial charge in [-0.15, -0.1) is 6.42 Å². The molecule has 1 heterocycles. The van der Waals surface area contributed by atoms with Gasteiger partial charge in [0.15, 0.2) is 17.5 Å². The number of nitrogens with one attached hydrogen (secondary N) is 2. The van der Waals surface area contributed by atoms with E-state index in [1.807, 2.05) is 12.1 Å². The van der Waals surface area contributed by atoms with E-state index in [1.165, 1.54) is 0 Å². The van der Waals surface area contributed by atoms with E-state index in [1.54, 1.807) is 7.05 Å². The summed E-state index contributed by atoms with van der Waals surface area (Å²) in [6, 6.07) is 3.95. The Hall–Kier alpha value is -1.87. The highest BCUT2D eigenvalue weighted by molar-refractivity contribution is 9.10. The second-order valence-electron chi connectivity index (χ2n) is 4.09. The van der Waals surface area contributed by atoms with Gasteiger partial charge in [0.1, 0.15) is 13.2 Å². The molecule has 1 aromatic rings. The highest BCUT2D eigenvalue weighted by atomic mass is 79.9. The first-order valence-electron chi connectivity index (χ1n) is 6.20. The van der Waals surface area contributed by atoms with Crippen LogP contribution in [0, 0.1) is 12.3 Å². The number of terminal acetylenes is 1. The molecule has 6 heteroatoms. The van der Waals surface area contributed by atoms with Gasteiger partial charge in [0.25, 0.3) is 0 Å². The predicted molar refractivity (Wildman–Crippen MR) is 82.2 cm³/mol. The maximum absolute atomic E-state index is 5.59. The van der Waals surface area contributed by atoms with Crippen molar-refractivity contribution in [3.8, 4) is 23.8 Å². The number of benzene rings is 1. The molecule has 1 aliphatic heterocycles. The van der Waals surface area contributed by atoms with Gasteiger partial charge < -0.3 is 20.1 Å². The molecule has 0 aromatic heterocycles. The van der Waals surface area contributed by atoms with Crippen molar-refractivity contribution in [2.24, 2.45) is 4.99 Å². The molecule has 20 heavy (non-hydrogen) atoms. The van der Waals surface area contributed by atoms with Gasteiger partial charge in [-0.1, -0.05) is 5.92 Å². The topological polar surface area (TPSA) is 54.9 Å². The molecule has 0 fully saturated rings. The van der Waals surface area contributed by atoms with E-state index >= 15 is 0 Å². The van der Waals surface area contributed by atoms with Crippen LogP contribution in [-0.4, -0.2) is 32.8 Å². The highest BCUT2D eigenvalue weighted by Crippen LogP contribution is 2.38. The Labute approximate surface area is 126 Å². The zero-order chi connectivity index (χ0) is 14.4. The lowest BCUT2D eigenvalue weighted by Gasteiger charge is -2.20. The number of hydrogen-bond acceptors (Lipinski definition) is 3. The van der Waals surface area contributed by atoms with E-state index in [4.69, 9.17) is 15.9 Å². The van der Waals surface area contributed by atoms with Crippen LogP contribution in [0.4, 0.5) is 0 Å². The molecular formula is C14H16BrN3O2. The van der Waals surface area contributed by atoms with Crippen LogP contribution in [0.5, 0.6) is 11.5 Å². The van der Waals surface area contributed by atoms with Gasteiger partial charge in [-0.05, 0) is 33.6 Å². The Kier molecular flexibility index (Phi) is 5.13. The van der Waals surface area contributed by atoms with E-state index in [2.05, 4.69) is 37.5 Å². The molecule has 0 spiro atoms. The SMILES string of the molecule is C#CCNC(=NC)NCc1cc(Br)c2c(c1)OCCO2. The first-order valence-corrected chi connectivity index (χ1v) is 7.00. The van der Waals surface area contributed by atoms with Gasteiger partial charge in [-0.25, -0.2) is 0 Å². The third kappa shape index (κ3) is 3.58. The van der Waals surface area contributed by atoms with Crippen LogP contribution in [0.15, 0.2) is 21.6 Å². The normalized spacial score (nSPS) is 13.6. The van der Waals surface area contributed by atoms with Crippen molar-refractivity contribution in [3.05, 3.63) is 22.2 Å². The van der Waals surface area contributed by atoms with E-state index < -0.39 is 0 Å². The lowest BCUT2D eigenvalue weighted by atomic mass is 10.2. The van der Waals surface area contributed by atoms with Crippen molar-refractivity contribution >= 4 is 21.9 Å². The first-order chi connectivity index (χ1) is 9.74. The van der Waals surface area contributed by atoms with Crippen LogP contribution in [0.1, 0.15) is 5.56 Å². The second kappa shape index (κ2) is 7.06. The van der Waals surface area contributed by atoms with Crippen LogP contribution in [0.25, 0.3) is 0 Å². The number of aliphatic imine (C=N–C) groups is 1. The van der Waals surface area contributed by atoms with Crippen LogP contribution in [0.2, 0.25) is 0 Å². The maximum atomic E-state index is 5.59. The number of ether oxygens (including phenoxy) is 2. The predicted octanol–water partition coefficient (Wildman–Crippen LogP) is 1.52. The summed E-state index contributed by atoms with van der Waals surface area (Å²) in [4.78, 5) is 4.08. The number of guanidine groups is 1. The monoisotopic (exact) mass is 337 g/mol. The summed E-state index contributed by atoms with van der Waals surface area (Å²) in [5.74, 6) is 4.68. The molecular weight excluding hydrogens is 322 g/mol. The van der Waals surface area contributed by atoms with Crippen molar-refractivity contribution in [3.63, 3.8) is 0 Å². The summed E-state index contributed by atoms with van der Waals surface area (Å²) in [5.41, 5.74) is 1.06. The summed E-state index contributed by atoms with van der Waals surface area (Å²) in [6.07, 6.45) is 5.20. The Morgan fingerprint density at radius 3 is 2.95 bits per heavy atom. The zero-order valence-corrected chi connectivity index (χ0v) is 12.8. The summed E-state index contributed by atoms with van der Waals surface area (Å²) in [5, 5.41) is 6.18. The molecule has 106 valence electrons. The molecule has 0 aliphatic carbocycles. The van der Waals surface area contributed by atoms with Crippen LogP contribution in [0.3, 0.4) is 0 Å². The molecule has 0 radical (unpaired) electrons. The largest absolute Gasteiger partial charge is 0.486 e. The fourth-order valence-electron chi connectivity index (χ4n) is 1.81. The van der Waals surface area contributed by atoms with Crippen molar-refractivity contribution in [1.29, 1.82) is 0 Å². The molecule has 0 atom stereocenters. The van der Waals surface area contributed by atoms with E-state index in [0.717, 1.165) is 21.5 Å². The number of rotatable bonds is 3. The molecule has 2 rings (SSSR count). The number of halogens is 1. The summed E-state index contributed by atoms with van der Waals surface area (Å²) < 4.78 is 12.0. The third-order valence-electron chi connectivity index (χ3n) is 2.70. The highest BCUT2D eigenvalue weighted by Gasteiger charge is 2.16. The quantitative estimate of drug-likeness (QED) is 0.499. The number of fused-ring (bicyclic) bond motifs is 1. The number of hydrogen-bond donors (Lipinski definition) is 2.